The average Bonchev–Trinajstić information content (AvgIpc) is 2.52. The lowest BCUT2D eigenvalue weighted by atomic mass is 10.1. The zero-order valence-electron chi connectivity index (χ0n) is 11.8. The van der Waals surface area contributed by atoms with Gasteiger partial charge in [-0.3, -0.25) is 0 Å². The molecule has 0 saturated carbocycles. The van der Waals surface area contributed by atoms with Crippen molar-refractivity contribution in [3.05, 3.63) is 65.2 Å². The Morgan fingerprint density at radius 3 is 2.43 bits per heavy atom. The molecule has 110 valence electrons. The van der Waals surface area contributed by atoms with Gasteiger partial charge in [-0.25, -0.2) is 4.79 Å². The smallest absolute Gasteiger partial charge is 0.335 e. The van der Waals surface area contributed by atoms with Crippen LogP contribution in [-0.4, -0.2) is 16.2 Å². The van der Waals surface area contributed by atoms with E-state index in [4.69, 9.17) is 9.84 Å². The number of hydrogen-bond donors (Lipinski definition) is 2. The monoisotopic (exact) mass is 286 g/mol. The van der Waals surface area contributed by atoms with E-state index in [-0.39, 0.29) is 5.56 Å². The number of aromatic carboxylic acids is 1. The molecule has 0 aliphatic heterocycles. The van der Waals surface area contributed by atoms with E-state index in [0.29, 0.717) is 18.8 Å². The van der Waals surface area contributed by atoms with Crippen LogP contribution in [0.3, 0.4) is 0 Å². The largest absolute Gasteiger partial charge is 0.489 e. The molecule has 0 heterocycles. The molecule has 2 aromatic rings. The number of aliphatic hydroxyl groups is 1. The maximum absolute atomic E-state index is 10.8. The second kappa shape index (κ2) is 6.90. The number of rotatable bonds is 6. The fourth-order valence-electron chi connectivity index (χ4n) is 2.01. The van der Waals surface area contributed by atoms with Crippen molar-refractivity contribution in [3.63, 3.8) is 0 Å². The van der Waals surface area contributed by atoms with Crippen molar-refractivity contribution in [1.29, 1.82) is 0 Å². The maximum atomic E-state index is 10.8. The lowest BCUT2D eigenvalue weighted by Crippen LogP contribution is -2.03. The van der Waals surface area contributed by atoms with Crippen LogP contribution in [-0.2, 0) is 6.61 Å². The third-order valence-corrected chi connectivity index (χ3v) is 3.26. The molecule has 1 unspecified atom stereocenters. The van der Waals surface area contributed by atoms with Gasteiger partial charge in [0, 0.05) is 5.56 Å². The van der Waals surface area contributed by atoms with Crippen molar-refractivity contribution < 1.29 is 19.7 Å². The number of benzene rings is 2. The lowest BCUT2D eigenvalue weighted by Gasteiger charge is -2.15. The fourth-order valence-corrected chi connectivity index (χ4v) is 2.01. The second-order valence-electron chi connectivity index (χ2n) is 4.75. The highest BCUT2D eigenvalue weighted by Crippen LogP contribution is 2.27. The minimum Gasteiger partial charge on any atom is -0.489 e. The van der Waals surface area contributed by atoms with Crippen molar-refractivity contribution in [2.45, 2.75) is 26.1 Å². The molecule has 0 spiro atoms. The van der Waals surface area contributed by atoms with Crippen LogP contribution in [0.5, 0.6) is 5.75 Å². The minimum absolute atomic E-state index is 0.251. The topological polar surface area (TPSA) is 66.8 Å². The van der Waals surface area contributed by atoms with Gasteiger partial charge in [-0.05, 0) is 30.2 Å². The summed E-state index contributed by atoms with van der Waals surface area (Å²) in [7, 11) is 0. The van der Waals surface area contributed by atoms with E-state index in [1.54, 1.807) is 24.3 Å². The van der Waals surface area contributed by atoms with E-state index in [9.17, 15) is 9.90 Å². The van der Waals surface area contributed by atoms with Gasteiger partial charge in [0.15, 0.2) is 0 Å². The van der Waals surface area contributed by atoms with Crippen LogP contribution in [0, 0.1) is 0 Å². The van der Waals surface area contributed by atoms with Crippen LogP contribution in [0.2, 0.25) is 0 Å². The summed E-state index contributed by atoms with van der Waals surface area (Å²) >= 11 is 0. The molecular formula is C17H18O4. The molecule has 0 radical (unpaired) electrons. The second-order valence-corrected chi connectivity index (χ2v) is 4.75. The van der Waals surface area contributed by atoms with Gasteiger partial charge in [0.1, 0.15) is 12.4 Å². The van der Waals surface area contributed by atoms with E-state index in [0.717, 1.165) is 11.1 Å². The molecule has 0 aliphatic carbocycles. The number of carboxylic acids is 1. The summed E-state index contributed by atoms with van der Waals surface area (Å²) in [6.07, 6.45) is 0.0730. The number of carboxylic acid groups (broad SMARTS) is 1. The Kier molecular flexibility index (Phi) is 4.95. The predicted molar refractivity (Wildman–Crippen MR) is 79.4 cm³/mol. The van der Waals surface area contributed by atoms with Crippen LogP contribution < -0.4 is 4.74 Å². The van der Waals surface area contributed by atoms with Gasteiger partial charge in [0.2, 0.25) is 0 Å². The summed E-state index contributed by atoms with van der Waals surface area (Å²) in [6, 6.07) is 13.9. The van der Waals surface area contributed by atoms with Crippen molar-refractivity contribution in [2.75, 3.05) is 0 Å². The summed E-state index contributed by atoms with van der Waals surface area (Å²) in [5.41, 5.74) is 1.89. The van der Waals surface area contributed by atoms with Crippen LogP contribution in [0.15, 0.2) is 48.5 Å². The molecule has 4 nitrogen and oxygen atoms in total. The quantitative estimate of drug-likeness (QED) is 0.854. The standard InChI is InChI=1S/C17H18O4/c1-2-15(18)14-5-3-4-6-16(14)21-11-12-7-9-13(10-8-12)17(19)20/h3-10,15,18H,2,11H2,1H3,(H,19,20). The maximum Gasteiger partial charge on any atom is 0.335 e. The van der Waals surface area contributed by atoms with Crippen LogP contribution in [0.25, 0.3) is 0 Å². The van der Waals surface area contributed by atoms with E-state index >= 15 is 0 Å². The van der Waals surface area contributed by atoms with Gasteiger partial charge in [-0.2, -0.15) is 0 Å². The Morgan fingerprint density at radius 1 is 1.14 bits per heavy atom. The van der Waals surface area contributed by atoms with E-state index in [2.05, 4.69) is 0 Å². The van der Waals surface area contributed by atoms with Crippen molar-refractivity contribution in [3.8, 4) is 5.75 Å². The highest BCUT2D eigenvalue weighted by molar-refractivity contribution is 5.87. The first-order chi connectivity index (χ1) is 10.1. The van der Waals surface area contributed by atoms with Crippen molar-refractivity contribution in [2.24, 2.45) is 0 Å². The number of para-hydroxylation sites is 1. The molecule has 2 aromatic carbocycles. The fraction of sp³-hybridized carbons (Fsp3) is 0.235. The SMILES string of the molecule is CCC(O)c1ccccc1OCc1ccc(C(=O)O)cc1. The third-order valence-electron chi connectivity index (χ3n) is 3.26. The zero-order valence-corrected chi connectivity index (χ0v) is 11.8. The number of hydrogen-bond acceptors (Lipinski definition) is 3. The molecule has 1 atom stereocenters. The number of carbonyl (C=O) groups is 1. The molecule has 0 aliphatic rings. The van der Waals surface area contributed by atoms with Gasteiger partial charge >= 0.3 is 5.97 Å². The lowest BCUT2D eigenvalue weighted by molar-refractivity contribution is 0.0697. The Hall–Kier alpha value is -2.33. The predicted octanol–water partition coefficient (Wildman–Crippen LogP) is 3.41. The first-order valence-corrected chi connectivity index (χ1v) is 6.84. The van der Waals surface area contributed by atoms with E-state index in [1.165, 1.54) is 0 Å². The van der Waals surface area contributed by atoms with Gasteiger partial charge in [-0.15, -0.1) is 0 Å². The molecule has 0 bridgehead atoms. The summed E-state index contributed by atoms with van der Waals surface area (Å²) in [6.45, 7) is 2.24. The minimum atomic E-state index is -0.945. The van der Waals surface area contributed by atoms with E-state index in [1.807, 2.05) is 31.2 Å². The first kappa shape index (κ1) is 15.1. The molecule has 21 heavy (non-hydrogen) atoms. The molecule has 0 saturated heterocycles. The van der Waals surface area contributed by atoms with Crippen molar-refractivity contribution >= 4 is 5.97 Å². The Morgan fingerprint density at radius 2 is 1.81 bits per heavy atom. The summed E-state index contributed by atoms with van der Waals surface area (Å²) in [5.74, 6) is -0.298. The molecule has 0 aromatic heterocycles. The summed E-state index contributed by atoms with van der Waals surface area (Å²) in [4.78, 5) is 10.8. The number of aliphatic hydroxyl groups excluding tert-OH is 1. The normalized spacial score (nSPS) is 11.9. The summed E-state index contributed by atoms with van der Waals surface area (Å²) in [5, 5.41) is 18.8. The van der Waals surface area contributed by atoms with E-state index < -0.39 is 12.1 Å². The van der Waals surface area contributed by atoms with Crippen LogP contribution in [0.1, 0.15) is 40.9 Å². The average molecular weight is 286 g/mol. The molecule has 4 heteroatoms. The first-order valence-electron chi connectivity index (χ1n) is 6.84. The van der Waals surface area contributed by atoms with Crippen molar-refractivity contribution in [1.82, 2.24) is 0 Å². The molecule has 0 amide bonds. The van der Waals surface area contributed by atoms with Gasteiger partial charge in [0.25, 0.3) is 0 Å². The van der Waals surface area contributed by atoms with Crippen LogP contribution in [0.4, 0.5) is 0 Å². The van der Waals surface area contributed by atoms with Gasteiger partial charge in [-0.1, -0.05) is 37.3 Å². The van der Waals surface area contributed by atoms with Crippen LogP contribution >= 0.6 is 0 Å². The Labute approximate surface area is 123 Å². The molecular weight excluding hydrogens is 268 g/mol. The highest BCUT2D eigenvalue weighted by atomic mass is 16.5. The summed E-state index contributed by atoms with van der Waals surface area (Å²) < 4.78 is 5.74. The third kappa shape index (κ3) is 3.83. The zero-order chi connectivity index (χ0) is 15.2. The van der Waals surface area contributed by atoms with Gasteiger partial charge < -0.3 is 14.9 Å². The molecule has 0 fully saturated rings. The highest BCUT2D eigenvalue weighted by Gasteiger charge is 2.11. The Bertz CT molecular complexity index is 604. The molecule has 2 rings (SSSR count). The number of ether oxygens (including phenoxy) is 1. The molecule has 2 N–H and O–H groups in total. The van der Waals surface area contributed by atoms with Gasteiger partial charge in [0.05, 0.1) is 11.7 Å². The Balaban J connectivity index is 2.08.